The van der Waals surface area contributed by atoms with Crippen molar-refractivity contribution in [2.45, 2.75) is 18.9 Å². The summed E-state index contributed by atoms with van der Waals surface area (Å²) in [5, 5.41) is 11.1. The van der Waals surface area contributed by atoms with Crippen LogP contribution in [-0.4, -0.2) is 16.7 Å². The Labute approximate surface area is 130 Å². The second kappa shape index (κ2) is 5.72. The molecule has 0 spiro atoms. The van der Waals surface area contributed by atoms with Gasteiger partial charge in [0.05, 0.1) is 12.3 Å². The third-order valence-corrected chi connectivity index (χ3v) is 4.23. The third-order valence-electron chi connectivity index (χ3n) is 3.34. The molecule has 1 atom stereocenters. The molecule has 1 aliphatic rings. The lowest BCUT2D eigenvalue weighted by Gasteiger charge is -2.14. The summed E-state index contributed by atoms with van der Waals surface area (Å²) in [6.45, 7) is 0.673. The van der Waals surface area contributed by atoms with E-state index in [9.17, 15) is 5.11 Å². The molecule has 2 aromatic rings. The van der Waals surface area contributed by atoms with Gasteiger partial charge in [0.25, 0.3) is 0 Å². The predicted molar refractivity (Wildman–Crippen MR) is 81.3 cm³/mol. The van der Waals surface area contributed by atoms with Crippen LogP contribution >= 0.6 is 27.5 Å². The summed E-state index contributed by atoms with van der Waals surface area (Å²) in [4.78, 5) is 4.22. The maximum Gasteiger partial charge on any atom is 0.126 e. The number of halogens is 2. The molecule has 0 aliphatic carbocycles. The molecule has 1 N–H and O–H groups in total. The van der Waals surface area contributed by atoms with Crippen LogP contribution in [0.15, 0.2) is 34.9 Å². The van der Waals surface area contributed by atoms with Crippen molar-refractivity contribution in [1.82, 2.24) is 4.98 Å². The average molecular weight is 355 g/mol. The van der Waals surface area contributed by atoms with Gasteiger partial charge >= 0.3 is 0 Å². The van der Waals surface area contributed by atoms with Crippen molar-refractivity contribution in [3.63, 3.8) is 0 Å². The van der Waals surface area contributed by atoms with Crippen molar-refractivity contribution >= 4 is 27.5 Å². The van der Waals surface area contributed by atoms with Gasteiger partial charge in [-0.1, -0.05) is 11.6 Å². The summed E-state index contributed by atoms with van der Waals surface area (Å²) in [6.07, 6.45) is 2.27. The van der Waals surface area contributed by atoms with Gasteiger partial charge in [0.2, 0.25) is 0 Å². The van der Waals surface area contributed by atoms with Gasteiger partial charge in [-0.3, -0.25) is 4.98 Å². The molecule has 3 rings (SSSR count). The van der Waals surface area contributed by atoms with Gasteiger partial charge < -0.3 is 9.84 Å². The van der Waals surface area contributed by atoms with Crippen molar-refractivity contribution in [3.8, 4) is 5.75 Å². The summed E-state index contributed by atoms with van der Waals surface area (Å²) in [7, 11) is 0. The molecule has 1 aromatic heterocycles. The first-order chi connectivity index (χ1) is 9.65. The molecular weight excluding hydrogens is 342 g/mol. The maximum absolute atomic E-state index is 10.4. The Hall–Kier alpha value is -1.10. The van der Waals surface area contributed by atoms with E-state index in [0.717, 1.165) is 27.8 Å². The minimum Gasteiger partial charge on any atom is -0.493 e. The first-order valence-corrected chi connectivity index (χ1v) is 7.55. The molecule has 0 fully saturated rings. The molecule has 1 aliphatic heterocycles. The molecular formula is C15H13BrClNO2. The van der Waals surface area contributed by atoms with Crippen LogP contribution < -0.4 is 4.74 Å². The molecule has 1 aromatic carbocycles. The van der Waals surface area contributed by atoms with Crippen LogP contribution in [0.3, 0.4) is 0 Å². The van der Waals surface area contributed by atoms with Gasteiger partial charge in [-0.15, -0.1) is 0 Å². The number of hydrogen-bond acceptors (Lipinski definition) is 3. The molecule has 5 heteroatoms. The number of hydrogen-bond donors (Lipinski definition) is 1. The van der Waals surface area contributed by atoms with Gasteiger partial charge in [0.15, 0.2) is 0 Å². The molecule has 0 amide bonds. The minimum atomic E-state index is -0.697. The number of benzene rings is 1. The number of pyridine rings is 1. The lowest BCUT2D eigenvalue weighted by Crippen LogP contribution is -2.06. The fourth-order valence-corrected chi connectivity index (χ4v) is 3.23. The Balaban J connectivity index is 1.90. The second-order valence-electron chi connectivity index (χ2n) is 4.74. The molecule has 1 unspecified atom stereocenters. The van der Waals surface area contributed by atoms with E-state index in [-0.39, 0.29) is 0 Å². The quantitative estimate of drug-likeness (QED) is 0.913. The highest BCUT2D eigenvalue weighted by molar-refractivity contribution is 9.10. The standard InChI is InChI=1S/C15H13BrClNO2/c16-12-2-1-4-18-14(12)13(19)8-10-7-11(17)6-9-3-5-20-15(9)10/h1-2,4,6-7,13,19H,3,5,8H2. The monoisotopic (exact) mass is 353 g/mol. The average Bonchev–Trinajstić information content (AvgIpc) is 2.87. The normalized spacial score (nSPS) is 14.8. The predicted octanol–water partition coefficient (Wildman–Crippen LogP) is 3.71. The molecule has 3 nitrogen and oxygen atoms in total. The number of ether oxygens (including phenoxy) is 1. The Morgan fingerprint density at radius 3 is 3.10 bits per heavy atom. The van der Waals surface area contributed by atoms with E-state index in [0.29, 0.717) is 23.7 Å². The van der Waals surface area contributed by atoms with Crippen LogP contribution in [0.25, 0.3) is 0 Å². The van der Waals surface area contributed by atoms with Crippen LogP contribution in [0.2, 0.25) is 5.02 Å². The number of rotatable bonds is 3. The highest BCUT2D eigenvalue weighted by atomic mass is 79.9. The molecule has 20 heavy (non-hydrogen) atoms. The van der Waals surface area contributed by atoms with Gasteiger partial charge in [-0.25, -0.2) is 0 Å². The SMILES string of the molecule is OC(Cc1cc(Cl)cc2c1OCC2)c1ncccc1Br. The summed E-state index contributed by atoms with van der Waals surface area (Å²) in [5.74, 6) is 0.862. The zero-order chi connectivity index (χ0) is 14.1. The smallest absolute Gasteiger partial charge is 0.126 e. The molecule has 2 heterocycles. The zero-order valence-electron chi connectivity index (χ0n) is 10.6. The Bertz CT molecular complexity index is 648. The molecule has 104 valence electrons. The molecule has 0 radical (unpaired) electrons. The van der Waals surface area contributed by atoms with Crippen LogP contribution in [0.1, 0.15) is 22.9 Å². The number of aliphatic hydroxyl groups excluding tert-OH is 1. The summed E-state index contributed by atoms with van der Waals surface area (Å²) < 4.78 is 6.45. The Morgan fingerprint density at radius 1 is 1.45 bits per heavy atom. The first-order valence-electron chi connectivity index (χ1n) is 6.37. The Kier molecular flexibility index (Phi) is 3.96. The molecule has 0 bridgehead atoms. The van der Waals surface area contributed by atoms with Gasteiger partial charge in [-0.05, 0) is 51.3 Å². The van der Waals surface area contributed by atoms with Crippen LogP contribution in [-0.2, 0) is 12.8 Å². The highest BCUT2D eigenvalue weighted by Crippen LogP contribution is 2.35. The van der Waals surface area contributed by atoms with Crippen LogP contribution in [0.5, 0.6) is 5.75 Å². The van der Waals surface area contributed by atoms with Crippen molar-refractivity contribution in [2.75, 3.05) is 6.61 Å². The summed E-state index contributed by atoms with van der Waals surface area (Å²) >= 11 is 9.53. The lowest BCUT2D eigenvalue weighted by molar-refractivity contribution is 0.171. The number of aromatic nitrogens is 1. The van der Waals surface area contributed by atoms with Crippen molar-refractivity contribution in [1.29, 1.82) is 0 Å². The third kappa shape index (κ3) is 2.68. The highest BCUT2D eigenvalue weighted by Gasteiger charge is 2.21. The first kappa shape index (κ1) is 13.9. The Morgan fingerprint density at radius 2 is 2.30 bits per heavy atom. The summed E-state index contributed by atoms with van der Waals surface area (Å²) in [6, 6.07) is 7.47. The van der Waals surface area contributed by atoms with Crippen molar-refractivity contribution in [3.05, 3.63) is 56.8 Å². The minimum absolute atomic E-state index is 0.429. The van der Waals surface area contributed by atoms with Gasteiger partial charge in [-0.2, -0.15) is 0 Å². The maximum atomic E-state index is 10.4. The summed E-state index contributed by atoms with van der Waals surface area (Å²) in [5.41, 5.74) is 2.66. The van der Waals surface area contributed by atoms with Crippen molar-refractivity contribution < 1.29 is 9.84 Å². The van der Waals surface area contributed by atoms with Gasteiger partial charge in [0.1, 0.15) is 11.9 Å². The molecule has 0 saturated heterocycles. The van der Waals surface area contributed by atoms with Crippen LogP contribution in [0.4, 0.5) is 0 Å². The number of fused-ring (bicyclic) bond motifs is 1. The fourth-order valence-electron chi connectivity index (χ4n) is 2.45. The van der Waals surface area contributed by atoms with E-state index in [1.165, 1.54) is 0 Å². The van der Waals surface area contributed by atoms with E-state index in [2.05, 4.69) is 20.9 Å². The van der Waals surface area contributed by atoms with E-state index >= 15 is 0 Å². The van der Waals surface area contributed by atoms with Crippen LogP contribution in [0, 0.1) is 0 Å². The van der Waals surface area contributed by atoms with E-state index < -0.39 is 6.10 Å². The second-order valence-corrected chi connectivity index (χ2v) is 6.03. The topological polar surface area (TPSA) is 42.4 Å². The lowest BCUT2D eigenvalue weighted by atomic mass is 10.0. The fraction of sp³-hybridized carbons (Fsp3) is 0.267. The van der Waals surface area contributed by atoms with E-state index in [1.54, 1.807) is 6.20 Å². The van der Waals surface area contributed by atoms with Gasteiger partial charge in [0, 0.05) is 28.5 Å². The largest absolute Gasteiger partial charge is 0.493 e. The zero-order valence-corrected chi connectivity index (χ0v) is 13.0. The van der Waals surface area contributed by atoms with E-state index in [1.807, 2.05) is 24.3 Å². The number of nitrogens with zero attached hydrogens (tertiary/aromatic N) is 1. The van der Waals surface area contributed by atoms with Crippen molar-refractivity contribution in [2.24, 2.45) is 0 Å². The molecule has 0 saturated carbocycles. The van der Waals surface area contributed by atoms with E-state index in [4.69, 9.17) is 16.3 Å². The number of aliphatic hydroxyl groups is 1.